The van der Waals surface area contributed by atoms with Crippen LogP contribution < -0.4 is 21.7 Å². The second kappa shape index (κ2) is 7.55. The second-order valence-corrected chi connectivity index (χ2v) is 6.51. The Morgan fingerprint density at radius 2 is 2.03 bits per heavy atom. The molecular weight excluding hydrogens is 401 g/mol. The Bertz CT molecular complexity index is 1120. The molecule has 0 atom stereocenters. The smallest absolute Gasteiger partial charge is 0.329 e. The van der Waals surface area contributed by atoms with Gasteiger partial charge in [0.1, 0.15) is 12.2 Å². The second-order valence-electron chi connectivity index (χ2n) is 6.51. The lowest BCUT2D eigenvalue weighted by Crippen LogP contribution is -2.37. The average Bonchev–Trinajstić information content (AvgIpc) is 3.31. The number of alkyl halides is 3. The van der Waals surface area contributed by atoms with Gasteiger partial charge in [0.15, 0.2) is 5.84 Å². The van der Waals surface area contributed by atoms with Gasteiger partial charge in [-0.1, -0.05) is 12.1 Å². The first-order chi connectivity index (χ1) is 14.3. The number of halogens is 3. The zero-order valence-corrected chi connectivity index (χ0v) is 15.7. The molecule has 1 aliphatic rings. The SMILES string of the molecule is CN1NNN=C1c1ccn2c(-c3cccc(NC(=O)NCC(F)(F)F)c3)cnc2c1. The Morgan fingerprint density at radius 3 is 2.77 bits per heavy atom. The minimum absolute atomic E-state index is 0.359. The fraction of sp³-hybridized carbons (Fsp3) is 0.167. The van der Waals surface area contributed by atoms with Crippen molar-refractivity contribution in [2.45, 2.75) is 6.18 Å². The molecule has 3 heterocycles. The molecule has 12 heteroatoms. The average molecular weight is 418 g/mol. The topological polar surface area (TPSA) is 98.1 Å². The number of rotatable bonds is 4. The number of anilines is 1. The molecule has 0 saturated carbocycles. The number of nitrogens with one attached hydrogen (secondary N) is 4. The van der Waals surface area contributed by atoms with Crippen molar-refractivity contribution >= 4 is 23.2 Å². The van der Waals surface area contributed by atoms with Crippen molar-refractivity contribution in [1.29, 1.82) is 0 Å². The molecule has 2 aromatic heterocycles. The predicted octanol–water partition coefficient (Wildman–Crippen LogP) is 2.30. The van der Waals surface area contributed by atoms with E-state index in [1.54, 1.807) is 34.7 Å². The summed E-state index contributed by atoms with van der Waals surface area (Å²) in [5.41, 5.74) is 8.91. The normalized spacial score (nSPS) is 13.9. The van der Waals surface area contributed by atoms with Crippen LogP contribution in [0.5, 0.6) is 0 Å². The lowest BCUT2D eigenvalue weighted by atomic mass is 10.1. The van der Waals surface area contributed by atoms with Gasteiger partial charge in [-0.15, -0.1) is 10.6 Å². The maximum absolute atomic E-state index is 12.2. The Kier molecular flexibility index (Phi) is 4.91. The number of amidine groups is 1. The van der Waals surface area contributed by atoms with E-state index in [9.17, 15) is 18.0 Å². The highest BCUT2D eigenvalue weighted by atomic mass is 19.4. The van der Waals surface area contributed by atoms with Gasteiger partial charge in [0.25, 0.3) is 0 Å². The number of benzene rings is 1. The predicted molar refractivity (Wildman–Crippen MR) is 104 cm³/mol. The lowest BCUT2D eigenvalue weighted by molar-refractivity contribution is -0.122. The highest BCUT2D eigenvalue weighted by Crippen LogP contribution is 2.24. The zero-order chi connectivity index (χ0) is 21.3. The quantitative estimate of drug-likeness (QED) is 0.521. The molecule has 0 saturated heterocycles. The third-order valence-corrected chi connectivity index (χ3v) is 4.33. The number of aromatic nitrogens is 2. The summed E-state index contributed by atoms with van der Waals surface area (Å²) in [7, 11) is 1.82. The van der Waals surface area contributed by atoms with Crippen molar-refractivity contribution in [3.8, 4) is 11.3 Å². The summed E-state index contributed by atoms with van der Waals surface area (Å²) in [5.74, 6) is 0.707. The summed E-state index contributed by atoms with van der Waals surface area (Å²) < 4.78 is 38.6. The molecule has 0 radical (unpaired) electrons. The molecule has 3 aromatic rings. The number of amides is 2. The fourth-order valence-electron chi connectivity index (χ4n) is 2.98. The third-order valence-electron chi connectivity index (χ3n) is 4.33. The van der Waals surface area contributed by atoms with Crippen molar-refractivity contribution in [1.82, 2.24) is 30.8 Å². The highest BCUT2D eigenvalue weighted by molar-refractivity contribution is 5.99. The number of fused-ring (bicyclic) bond motifs is 1. The van der Waals surface area contributed by atoms with Crippen LogP contribution in [0.25, 0.3) is 16.9 Å². The molecule has 0 aliphatic carbocycles. The first-order valence-electron chi connectivity index (χ1n) is 8.82. The van der Waals surface area contributed by atoms with Gasteiger partial charge in [0.2, 0.25) is 0 Å². The Morgan fingerprint density at radius 1 is 1.20 bits per heavy atom. The Hall–Kier alpha value is -3.80. The number of pyridine rings is 1. The summed E-state index contributed by atoms with van der Waals surface area (Å²) in [6.45, 7) is -1.40. The van der Waals surface area contributed by atoms with Crippen molar-refractivity contribution < 1.29 is 18.0 Å². The standard InChI is InChI=1S/C18H17F3N8O/c1-28-16(25-26-27-28)12-5-6-29-14(9-22-15(29)8-12)11-3-2-4-13(7-11)24-17(30)23-10-18(19,20)21/h2-9,26-27H,10H2,1H3,(H2,23,24,30). The van der Waals surface area contributed by atoms with Crippen molar-refractivity contribution in [2.75, 3.05) is 18.9 Å². The van der Waals surface area contributed by atoms with E-state index >= 15 is 0 Å². The monoisotopic (exact) mass is 418 g/mol. The summed E-state index contributed by atoms with van der Waals surface area (Å²) in [5, 5.41) is 10.1. The summed E-state index contributed by atoms with van der Waals surface area (Å²) in [6.07, 6.45) is -0.948. The highest BCUT2D eigenvalue weighted by Gasteiger charge is 2.27. The van der Waals surface area contributed by atoms with Gasteiger partial charge < -0.3 is 10.6 Å². The third kappa shape index (κ3) is 4.12. The number of imidazole rings is 1. The molecule has 2 amide bonds. The van der Waals surface area contributed by atoms with E-state index < -0.39 is 18.8 Å². The number of urea groups is 1. The largest absolute Gasteiger partial charge is 0.405 e. The molecule has 0 unspecified atom stereocenters. The van der Waals surface area contributed by atoms with Crippen molar-refractivity contribution in [2.24, 2.45) is 5.10 Å². The van der Waals surface area contributed by atoms with Crippen LogP contribution in [0.3, 0.4) is 0 Å². The summed E-state index contributed by atoms with van der Waals surface area (Å²) in [4.78, 5) is 16.1. The van der Waals surface area contributed by atoms with Crippen molar-refractivity contribution in [3.05, 3.63) is 54.4 Å². The van der Waals surface area contributed by atoms with Crippen molar-refractivity contribution in [3.63, 3.8) is 0 Å². The van der Waals surface area contributed by atoms with Gasteiger partial charge in [-0.2, -0.15) is 13.2 Å². The number of hydrazone groups is 1. The number of nitrogens with zero attached hydrogens (tertiary/aromatic N) is 4. The van der Waals surface area contributed by atoms with E-state index in [4.69, 9.17) is 0 Å². The molecular formula is C18H17F3N8O. The molecule has 4 N–H and O–H groups in total. The van der Waals surface area contributed by atoms with E-state index in [1.165, 1.54) is 0 Å². The molecule has 156 valence electrons. The van der Waals surface area contributed by atoms with Gasteiger partial charge in [-0.3, -0.25) is 9.41 Å². The molecule has 1 aromatic carbocycles. The van der Waals surface area contributed by atoms with Gasteiger partial charge in [-0.25, -0.2) is 15.3 Å². The fourth-order valence-corrected chi connectivity index (χ4v) is 2.98. The Balaban J connectivity index is 1.55. The van der Waals surface area contributed by atoms with Crippen LogP contribution in [0.2, 0.25) is 0 Å². The van der Waals surface area contributed by atoms with Crippen LogP contribution in [0.4, 0.5) is 23.7 Å². The zero-order valence-electron chi connectivity index (χ0n) is 15.7. The van der Waals surface area contributed by atoms with E-state index in [-0.39, 0.29) is 0 Å². The van der Waals surface area contributed by atoms with Gasteiger partial charge in [-0.05, 0) is 24.3 Å². The van der Waals surface area contributed by atoms with E-state index in [0.29, 0.717) is 17.2 Å². The van der Waals surface area contributed by atoms with E-state index in [0.717, 1.165) is 16.8 Å². The van der Waals surface area contributed by atoms with Gasteiger partial charge in [0, 0.05) is 30.1 Å². The number of hydrogen-bond acceptors (Lipinski definition) is 6. The Labute approximate surface area is 168 Å². The van der Waals surface area contributed by atoms with Crippen LogP contribution in [-0.4, -0.2) is 46.0 Å². The van der Waals surface area contributed by atoms with Crippen LogP contribution in [0.1, 0.15) is 5.56 Å². The van der Waals surface area contributed by atoms with Crippen LogP contribution >= 0.6 is 0 Å². The molecule has 30 heavy (non-hydrogen) atoms. The molecule has 0 spiro atoms. The minimum Gasteiger partial charge on any atom is -0.329 e. The molecule has 0 bridgehead atoms. The molecule has 0 fully saturated rings. The van der Waals surface area contributed by atoms with Gasteiger partial charge >= 0.3 is 12.2 Å². The maximum atomic E-state index is 12.2. The van der Waals surface area contributed by atoms with E-state index in [1.807, 2.05) is 35.8 Å². The maximum Gasteiger partial charge on any atom is 0.405 e. The summed E-state index contributed by atoms with van der Waals surface area (Å²) in [6, 6.07) is 9.59. The first-order valence-corrected chi connectivity index (χ1v) is 8.82. The van der Waals surface area contributed by atoms with Crippen LogP contribution in [0, 0.1) is 0 Å². The first kappa shape index (κ1) is 19.5. The molecule has 1 aliphatic heterocycles. The number of hydrogen-bond donors (Lipinski definition) is 4. The van der Waals surface area contributed by atoms with Gasteiger partial charge in [0.05, 0.1) is 11.9 Å². The number of carbonyl (C=O) groups is 1. The number of hydrazine groups is 2. The van der Waals surface area contributed by atoms with Crippen LogP contribution in [0.15, 0.2) is 53.9 Å². The van der Waals surface area contributed by atoms with Crippen LogP contribution in [-0.2, 0) is 0 Å². The minimum atomic E-state index is -4.47. The summed E-state index contributed by atoms with van der Waals surface area (Å²) >= 11 is 0. The molecule has 9 nitrogen and oxygen atoms in total. The molecule has 4 rings (SSSR count). The number of carbonyl (C=O) groups excluding carboxylic acids is 1. The van der Waals surface area contributed by atoms with E-state index in [2.05, 4.69) is 26.5 Å². The lowest BCUT2D eigenvalue weighted by Gasteiger charge is -2.12.